The van der Waals surface area contributed by atoms with Gasteiger partial charge in [0.25, 0.3) is 0 Å². The first kappa shape index (κ1) is 16.4. The molecule has 0 radical (unpaired) electrons. The highest BCUT2D eigenvalue weighted by Gasteiger charge is 2.27. The van der Waals surface area contributed by atoms with Crippen molar-refractivity contribution in [3.63, 3.8) is 0 Å². The minimum atomic E-state index is -4.35. The van der Waals surface area contributed by atoms with E-state index in [1.807, 2.05) is 0 Å². The summed E-state index contributed by atoms with van der Waals surface area (Å²) in [5.41, 5.74) is 0. The predicted octanol–water partition coefficient (Wildman–Crippen LogP) is 1.84. The molecule has 1 heterocycles. The largest absolute Gasteiger partial charge is 0.481 e. The van der Waals surface area contributed by atoms with E-state index in [0.29, 0.717) is 6.42 Å². The van der Waals surface area contributed by atoms with Gasteiger partial charge < -0.3 is 14.4 Å². The number of hydrogen-bond donors (Lipinski definition) is 1. The Morgan fingerprint density at radius 1 is 1.50 bits per heavy atom. The molecule has 0 saturated carbocycles. The number of aliphatic carboxylic acids is 1. The van der Waals surface area contributed by atoms with E-state index in [0.717, 1.165) is 0 Å². The molecule has 0 aromatic carbocycles. The number of nitrogens with zero attached hydrogens (tertiary/aromatic N) is 2. The number of ether oxygens (including phenoxy) is 1. The Labute approximate surface area is 112 Å². The molecule has 1 atom stereocenters. The molecule has 1 N–H and O–H groups in total. The van der Waals surface area contributed by atoms with Gasteiger partial charge in [0.05, 0.1) is 6.61 Å². The van der Waals surface area contributed by atoms with Gasteiger partial charge in [0.2, 0.25) is 5.89 Å². The van der Waals surface area contributed by atoms with E-state index in [2.05, 4.69) is 14.9 Å². The predicted molar refractivity (Wildman–Crippen MR) is 60.0 cm³/mol. The number of carbonyl (C=O) groups is 1. The molecule has 0 fully saturated rings. The normalized spacial score (nSPS) is 13.4. The molecule has 0 bridgehead atoms. The maximum absolute atomic E-state index is 11.8. The van der Waals surface area contributed by atoms with Gasteiger partial charge in [-0.25, -0.2) is 0 Å². The molecular weight excluding hydrogens is 281 g/mol. The highest BCUT2D eigenvalue weighted by atomic mass is 19.4. The van der Waals surface area contributed by atoms with Crippen molar-refractivity contribution in [2.24, 2.45) is 5.92 Å². The number of carboxylic acid groups (broad SMARTS) is 1. The van der Waals surface area contributed by atoms with Gasteiger partial charge in [-0.15, -0.1) is 0 Å². The van der Waals surface area contributed by atoms with Crippen LogP contribution in [-0.2, 0) is 22.4 Å². The third kappa shape index (κ3) is 7.07. The molecule has 0 aliphatic rings. The molecule has 114 valence electrons. The molecule has 1 unspecified atom stereocenters. The van der Waals surface area contributed by atoms with Crippen LogP contribution in [0.15, 0.2) is 4.52 Å². The van der Waals surface area contributed by atoms with Crippen molar-refractivity contribution in [3.8, 4) is 0 Å². The standard InChI is InChI=1S/C11H15F3N2O4/c1-7(5-10(17)18)4-9-15-8(16-20-9)2-3-19-6-11(12,13)14/h7H,2-6H2,1H3,(H,17,18). The summed E-state index contributed by atoms with van der Waals surface area (Å²) in [5, 5.41) is 12.2. The second-order valence-electron chi connectivity index (χ2n) is 4.43. The maximum atomic E-state index is 11.8. The van der Waals surface area contributed by atoms with Crippen molar-refractivity contribution >= 4 is 5.97 Å². The van der Waals surface area contributed by atoms with E-state index in [-0.39, 0.29) is 37.1 Å². The Hall–Kier alpha value is -1.64. The summed E-state index contributed by atoms with van der Waals surface area (Å²) >= 11 is 0. The van der Waals surface area contributed by atoms with Gasteiger partial charge in [0.1, 0.15) is 6.61 Å². The summed E-state index contributed by atoms with van der Waals surface area (Å²) in [4.78, 5) is 14.4. The van der Waals surface area contributed by atoms with Crippen molar-refractivity contribution < 1.29 is 32.3 Å². The average molecular weight is 296 g/mol. The molecular formula is C11H15F3N2O4. The monoisotopic (exact) mass is 296 g/mol. The Morgan fingerprint density at radius 2 is 2.20 bits per heavy atom. The van der Waals surface area contributed by atoms with Crippen molar-refractivity contribution in [2.45, 2.75) is 32.4 Å². The number of rotatable bonds is 8. The van der Waals surface area contributed by atoms with Gasteiger partial charge in [-0.2, -0.15) is 18.2 Å². The van der Waals surface area contributed by atoms with Gasteiger partial charge in [0.15, 0.2) is 5.82 Å². The van der Waals surface area contributed by atoms with Crippen LogP contribution in [0, 0.1) is 5.92 Å². The molecule has 1 aromatic heterocycles. The molecule has 20 heavy (non-hydrogen) atoms. The molecule has 9 heteroatoms. The zero-order valence-electron chi connectivity index (χ0n) is 10.8. The van der Waals surface area contributed by atoms with Gasteiger partial charge in [-0.05, 0) is 5.92 Å². The number of hydrogen-bond acceptors (Lipinski definition) is 5. The number of alkyl halides is 3. The average Bonchev–Trinajstić information content (AvgIpc) is 2.69. The van der Waals surface area contributed by atoms with E-state index in [1.165, 1.54) is 0 Å². The van der Waals surface area contributed by atoms with Gasteiger partial charge in [-0.3, -0.25) is 4.79 Å². The van der Waals surface area contributed by atoms with Crippen molar-refractivity contribution in [2.75, 3.05) is 13.2 Å². The van der Waals surface area contributed by atoms with E-state index in [9.17, 15) is 18.0 Å². The SMILES string of the molecule is CC(CC(=O)O)Cc1nc(CCOCC(F)(F)F)no1. The summed E-state index contributed by atoms with van der Waals surface area (Å²) in [6.07, 6.45) is -3.96. The molecule has 0 amide bonds. The number of aromatic nitrogens is 2. The summed E-state index contributed by atoms with van der Waals surface area (Å²) in [6, 6.07) is 0. The lowest BCUT2D eigenvalue weighted by molar-refractivity contribution is -0.173. The first-order valence-electron chi connectivity index (χ1n) is 5.94. The lowest BCUT2D eigenvalue weighted by atomic mass is 10.0. The van der Waals surface area contributed by atoms with Crippen LogP contribution in [0.25, 0.3) is 0 Å². The van der Waals surface area contributed by atoms with Crippen LogP contribution < -0.4 is 0 Å². The third-order valence-electron chi connectivity index (χ3n) is 2.29. The molecule has 0 spiro atoms. The van der Waals surface area contributed by atoms with Crippen LogP contribution in [0.5, 0.6) is 0 Å². The minimum Gasteiger partial charge on any atom is -0.481 e. The van der Waals surface area contributed by atoms with Crippen LogP contribution in [0.1, 0.15) is 25.1 Å². The van der Waals surface area contributed by atoms with E-state index in [4.69, 9.17) is 9.63 Å². The van der Waals surface area contributed by atoms with E-state index >= 15 is 0 Å². The zero-order valence-corrected chi connectivity index (χ0v) is 10.8. The highest BCUT2D eigenvalue weighted by molar-refractivity contribution is 5.66. The van der Waals surface area contributed by atoms with E-state index < -0.39 is 18.8 Å². The third-order valence-corrected chi connectivity index (χ3v) is 2.29. The van der Waals surface area contributed by atoms with Crippen LogP contribution in [0.2, 0.25) is 0 Å². The van der Waals surface area contributed by atoms with Crippen LogP contribution >= 0.6 is 0 Å². The molecule has 1 rings (SSSR count). The number of halogens is 3. The smallest absolute Gasteiger partial charge is 0.411 e. The van der Waals surface area contributed by atoms with Gasteiger partial charge in [0, 0.05) is 19.3 Å². The molecule has 6 nitrogen and oxygen atoms in total. The first-order chi connectivity index (χ1) is 9.26. The number of carboxylic acids is 1. The molecule has 0 aliphatic carbocycles. The summed E-state index contributed by atoms with van der Waals surface area (Å²) in [5.74, 6) is -0.575. The summed E-state index contributed by atoms with van der Waals surface area (Å²) < 4.78 is 44.7. The molecule has 0 saturated heterocycles. The Morgan fingerprint density at radius 3 is 2.80 bits per heavy atom. The van der Waals surface area contributed by atoms with Crippen molar-refractivity contribution in [1.29, 1.82) is 0 Å². The fraction of sp³-hybridized carbons (Fsp3) is 0.727. The van der Waals surface area contributed by atoms with Crippen LogP contribution in [-0.4, -0.2) is 40.6 Å². The second-order valence-corrected chi connectivity index (χ2v) is 4.43. The Bertz CT molecular complexity index is 434. The fourth-order valence-electron chi connectivity index (χ4n) is 1.49. The summed E-state index contributed by atoms with van der Waals surface area (Å²) in [6.45, 7) is 0.251. The van der Waals surface area contributed by atoms with Gasteiger partial charge >= 0.3 is 12.1 Å². The fourth-order valence-corrected chi connectivity index (χ4v) is 1.49. The lowest BCUT2D eigenvalue weighted by Crippen LogP contribution is -2.18. The Kier molecular flexibility index (Phi) is 5.93. The summed E-state index contributed by atoms with van der Waals surface area (Å²) in [7, 11) is 0. The highest BCUT2D eigenvalue weighted by Crippen LogP contribution is 2.14. The van der Waals surface area contributed by atoms with Crippen molar-refractivity contribution in [3.05, 3.63) is 11.7 Å². The zero-order chi connectivity index (χ0) is 15.2. The molecule has 1 aromatic rings. The van der Waals surface area contributed by atoms with Crippen molar-refractivity contribution in [1.82, 2.24) is 10.1 Å². The lowest BCUT2D eigenvalue weighted by Gasteiger charge is -2.05. The van der Waals surface area contributed by atoms with Gasteiger partial charge in [-0.1, -0.05) is 12.1 Å². The Balaban J connectivity index is 2.31. The first-order valence-corrected chi connectivity index (χ1v) is 5.94. The maximum Gasteiger partial charge on any atom is 0.411 e. The second kappa shape index (κ2) is 7.22. The van der Waals surface area contributed by atoms with E-state index in [1.54, 1.807) is 6.92 Å². The van der Waals surface area contributed by atoms with Crippen LogP contribution in [0.4, 0.5) is 13.2 Å². The minimum absolute atomic E-state index is 0.0214. The molecule has 0 aliphatic heterocycles. The topological polar surface area (TPSA) is 85.5 Å². The quantitative estimate of drug-likeness (QED) is 0.737. The van der Waals surface area contributed by atoms with Crippen LogP contribution in [0.3, 0.4) is 0 Å².